The molecule has 4 aromatic rings. The van der Waals surface area contributed by atoms with Gasteiger partial charge in [-0.2, -0.15) is 5.26 Å². The van der Waals surface area contributed by atoms with Crippen molar-refractivity contribution in [3.8, 4) is 22.9 Å². The molecule has 0 saturated heterocycles. The third-order valence-electron chi connectivity index (χ3n) is 5.73. The Morgan fingerprint density at radius 1 is 0.941 bits per heavy atom. The van der Waals surface area contributed by atoms with E-state index in [-0.39, 0.29) is 22.8 Å². The molecule has 164 valence electrons. The van der Waals surface area contributed by atoms with Crippen molar-refractivity contribution >= 4 is 23.3 Å². The predicted octanol–water partition coefficient (Wildman–Crippen LogP) is 5.70. The number of methoxy groups -OCH3 is 1. The van der Waals surface area contributed by atoms with Crippen LogP contribution in [0.15, 0.2) is 83.9 Å². The maximum Gasteiger partial charge on any atom is 0.212 e. The normalized spacial score (nSPS) is 11.5. The van der Waals surface area contributed by atoms with Crippen LogP contribution in [0.5, 0.6) is 5.75 Å². The second-order valence-corrected chi connectivity index (χ2v) is 8.67. The zero-order chi connectivity index (χ0) is 23.7. The van der Waals surface area contributed by atoms with Gasteiger partial charge in [0, 0.05) is 22.4 Å². The number of aromatic nitrogens is 1. The van der Waals surface area contributed by atoms with Crippen molar-refractivity contribution in [2.45, 2.75) is 10.8 Å². The fraction of sp³-hybridized carbons (Fsp3) is 0.0714. The van der Waals surface area contributed by atoms with Crippen LogP contribution in [-0.2, 0) is 5.75 Å². The van der Waals surface area contributed by atoms with E-state index >= 15 is 0 Å². The number of ketones is 2. The topological polar surface area (TPSA) is 80.0 Å². The van der Waals surface area contributed by atoms with E-state index in [9.17, 15) is 14.9 Å². The van der Waals surface area contributed by atoms with Crippen LogP contribution in [0.1, 0.15) is 43.1 Å². The van der Waals surface area contributed by atoms with Crippen molar-refractivity contribution < 1.29 is 14.3 Å². The summed E-state index contributed by atoms with van der Waals surface area (Å²) in [6.45, 7) is 0. The van der Waals surface area contributed by atoms with Crippen molar-refractivity contribution in [3.05, 3.63) is 112 Å². The minimum absolute atomic E-state index is 0.0657. The molecule has 1 aromatic heterocycles. The Morgan fingerprint density at radius 2 is 1.62 bits per heavy atom. The molecule has 34 heavy (non-hydrogen) atoms. The lowest BCUT2D eigenvalue weighted by Crippen LogP contribution is -2.13. The molecule has 0 N–H and O–H groups in total. The SMILES string of the molecule is COc1ccc(C(=O)c2nc(SCc3ccccc3)c(C#N)c3c2C(=O)c2ccccc2-3)cc1. The number of nitriles is 1. The van der Waals surface area contributed by atoms with Crippen molar-refractivity contribution in [1.29, 1.82) is 5.26 Å². The molecule has 1 aliphatic rings. The molecule has 0 bridgehead atoms. The first-order valence-corrected chi connectivity index (χ1v) is 11.6. The van der Waals surface area contributed by atoms with E-state index in [1.165, 1.54) is 11.8 Å². The fourth-order valence-electron chi connectivity index (χ4n) is 4.07. The smallest absolute Gasteiger partial charge is 0.212 e. The summed E-state index contributed by atoms with van der Waals surface area (Å²) in [7, 11) is 1.55. The minimum atomic E-state index is -0.369. The lowest BCUT2D eigenvalue weighted by molar-refractivity contribution is 0.100. The zero-order valence-electron chi connectivity index (χ0n) is 18.2. The quantitative estimate of drug-likeness (QED) is 0.238. The average Bonchev–Trinajstić information content (AvgIpc) is 3.19. The molecule has 3 aromatic carbocycles. The summed E-state index contributed by atoms with van der Waals surface area (Å²) >= 11 is 1.38. The molecule has 0 spiro atoms. The Bertz CT molecular complexity index is 1470. The summed E-state index contributed by atoms with van der Waals surface area (Å²) in [5.74, 6) is 0.543. The number of nitrogens with zero attached hydrogens (tertiary/aromatic N) is 2. The molecule has 0 radical (unpaired) electrons. The molecule has 0 atom stereocenters. The van der Waals surface area contributed by atoms with Gasteiger partial charge in [-0.25, -0.2) is 4.98 Å². The van der Waals surface area contributed by atoms with Crippen molar-refractivity contribution in [3.63, 3.8) is 0 Å². The highest BCUT2D eigenvalue weighted by Gasteiger charge is 2.36. The summed E-state index contributed by atoms with van der Waals surface area (Å²) in [5.41, 5.74) is 3.67. The van der Waals surface area contributed by atoms with Gasteiger partial charge in [0.05, 0.1) is 18.2 Å². The number of ether oxygens (including phenoxy) is 1. The molecule has 1 heterocycles. The summed E-state index contributed by atoms with van der Waals surface area (Å²) in [4.78, 5) is 31.6. The maximum atomic E-state index is 13.6. The second-order valence-electron chi connectivity index (χ2n) is 7.71. The number of benzene rings is 3. The minimum Gasteiger partial charge on any atom is -0.497 e. The van der Waals surface area contributed by atoms with Gasteiger partial charge in [0.15, 0.2) is 5.78 Å². The van der Waals surface area contributed by atoms with Gasteiger partial charge in [0.2, 0.25) is 5.78 Å². The van der Waals surface area contributed by atoms with Gasteiger partial charge in [0.25, 0.3) is 0 Å². The van der Waals surface area contributed by atoms with Gasteiger partial charge in [-0.15, -0.1) is 11.8 Å². The molecular formula is C28H18N2O3S. The van der Waals surface area contributed by atoms with Gasteiger partial charge < -0.3 is 4.74 Å². The third-order valence-corrected chi connectivity index (χ3v) is 6.78. The fourth-order valence-corrected chi connectivity index (χ4v) is 5.01. The lowest BCUT2D eigenvalue weighted by atomic mass is 9.97. The number of carbonyl (C=O) groups is 2. The molecule has 6 heteroatoms. The van der Waals surface area contributed by atoms with E-state index in [1.807, 2.05) is 42.5 Å². The van der Waals surface area contributed by atoms with Crippen molar-refractivity contribution in [2.24, 2.45) is 0 Å². The Morgan fingerprint density at radius 3 is 2.29 bits per heavy atom. The van der Waals surface area contributed by atoms with Gasteiger partial charge in [0.1, 0.15) is 22.5 Å². The molecule has 0 saturated carbocycles. The van der Waals surface area contributed by atoms with Gasteiger partial charge in [-0.1, -0.05) is 54.6 Å². The highest BCUT2D eigenvalue weighted by atomic mass is 32.2. The highest BCUT2D eigenvalue weighted by Crippen LogP contribution is 2.43. The molecule has 5 nitrogen and oxygen atoms in total. The third kappa shape index (κ3) is 3.66. The number of thioether (sulfide) groups is 1. The molecule has 0 unspecified atom stereocenters. The van der Waals surface area contributed by atoms with Gasteiger partial charge >= 0.3 is 0 Å². The molecule has 1 aliphatic carbocycles. The maximum absolute atomic E-state index is 13.6. The van der Waals surface area contributed by atoms with Crippen LogP contribution in [0.4, 0.5) is 0 Å². The van der Waals surface area contributed by atoms with Crippen LogP contribution in [0.3, 0.4) is 0 Å². The number of rotatable bonds is 6. The standard InChI is InChI=1S/C28H18N2O3S/c1-33-19-13-11-18(12-14-19)26(31)25-24-23(20-9-5-6-10-21(20)27(24)32)22(15-29)28(30-25)34-16-17-7-3-2-4-8-17/h2-14H,16H2,1H3. The van der Waals surface area contributed by atoms with Crippen molar-refractivity contribution in [1.82, 2.24) is 4.98 Å². The Kier molecular flexibility index (Phi) is 5.70. The van der Waals surface area contributed by atoms with Gasteiger partial charge in [-0.3, -0.25) is 9.59 Å². The first-order valence-electron chi connectivity index (χ1n) is 10.6. The molecule has 5 rings (SSSR count). The molecular weight excluding hydrogens is 444 g/mol. The summed E-state index contributed by atoms with van der Waals surface area (Å²) in [6.07, 6.45) is 0. The largest absolute Gasteiger partial charge is 0.497 e. The Balaban J connectivity index is 1.68. The highest BCUT2D eigenvalue weighted by molar-refractivity contribution is 7.98. The van der Waals surface area contributed by atoms with E-state index < -0.39 is 0 Å². The molecule has 0 fully saturated rings. The van der Waals surface area contributed by atoms with Crippen LogP contribution in [0.2, 0.25) is 0 Å². The molecule has 0 amide bonds. The second kappa shape index (κ2) is 8.97. The number of hydrogen-bond donors (Lipinski definition) is 0. The van der Waals surface area contributed by atoms with Crippen LogP contribution < -0.4 is 4.74 Å². The van der Waals surface area contributed by atoms with Crippen LogP contribution in [0.25, 0.3) is 11.1 Å². The van der Waals surface area contributed by atoms with Crippen LogP contribution >= 0.6 is 11.8 Å². The number of pyridine rings is 1. The Labute approximate surface area is 201 Å². The average molecular weight is 463 g/mol. The van der Waals surface area contributed by atoms with E-state index in [1.54, 1.807) is 43.5 Å². The Hall–Kier alpha value is -4.21. The number of fused-ring (bicyclic) bond motifs is 3. The summed E-state index contributed by atoms with van der Waals surface area (Å²) in [5, 5.41) is 10.5. The monoisotopic (exact) mass is 462 g/mol. The zero-order valence-corrected chi connectivity index (χ0v) is 19.1. The van der Waals surface area contributed by atoms with Gasteiger partial charge in [-0.05, 0) is 35.4 Å². The van der Waals surface area contributed by atoms with E-state index in [0.717, 1.165) is 5.56 Å². The number of hydrogen-bond acceptors (Lipinski definition) is 6. The lowest BCUT2D eigenvalue weighted by Gasteiger charge is -2.13. The van der Waals surface area contributed by atoms with Crippen molar-refractivity contribution in [2.75, 3.05) is 7.11 Å². The first-order chi connectivity index (χ1) is 16.6. The van der Waals surface area contributed by atoms with E-state index in [0.29, 0.717) is 44.3 Å². The number of carbonyl (C=O) groups excluding carboxylic acids is 2. The van der Waals surface area contributed by atoms with Crippen LogP contribution in [-0.4, -0.2) is 23.7 Å². The summed E-state index contributed by atoms with van der Waals surface area (Å²) < 4.78 is 5.19. The van der Waals surface area contributed by atoms with E-state index in [4.69, 9.17) is 4.74 Å². The molecule has 0 aliphatic heterocycles. The first kappa shape index (κ1) is 21.6. The van der Waals surface area contributed by atoms with E-state index in [2.05, 4.69) is 11.1 Å². The van der Waals surface area contributed by atoms with Crippen LogP contribution in [0, 0.1) is 11.3 Å². The predicted molar refractivity (Wildman–Crippen MR) is 130 cm³/mol. The summed E-state index contributed by atoms with van der Waals surface area (Å²) in [6, 6.07) is 25.9.